The van der Waals surface area contributed by atoms with Crippen LogP contribution in [0.15, 0.2) is 35.4 Å². The van der Waals surface area contributed by atoms with E-state index in [1.165, 1.54) is 10.9 Å². The Balaban J connectivity index is 1.70. The van der Waals surface area contributed by atoms with Gasteiger partial charge in [0.15, 0.2) is 0 Å². The molecular weight excluding hydrogens is 292 g/mol. The van der Waals surface area contributed by atoms with Gasteiger partial charge < -0.3 is 10.2 Å². The predicted octanol–water partition coefficient (Wildman–Crippen LogP) is 0.995. The summed E-state index contributed by atoms with van der Waals surface area (Å²) in [7, 11) is 0. The number of aromatic nitrogens is 2. The van der Waals surface area contributed by atoms with E-state index >= 15 is 0 Å². The predicted molar refractivity (Wildman–Crippen MR) is 89.3 cm³/mol. The molecule has 0 unspecified atom stereocenters. The first-order chi connectivity index (χ1) is 11.0. The van der Waals surface area contributed by atoms with Gasteiger partial charge >= 0.3 is 0 Å². The van der Waals surface area contributed by atoms with Gasteiger partial charge in [0.2, 0.25) is 5.91 Å². The maximum Gasteiger partial charge on any atom is 0.261 e. The van der Waals surface area contributed by atoms with Crippen molar-refractivity contribution in [2.75, 3.05) is 13.1 Å². The maximum atomic E-state index is 12.4. The number of fused-ring (bicyclic) bond motifs is 1. The SMILES string of the molecule is C[C@@H]1CN(C(=O)CCn2cnc3ccccc3c2=O)C[C@H](C)N1. The number of hydrogen-bond donors (Lipinski definition) is 1. The molecular formula is C17H22N4O2. The maximum absolute atomic E-state index is 12.4. The number of para-hydroxylation sites is 1. The molecule has 122 valence electrons. The molecule has 23 heavy (non-hydrogen) atoms. The number of amides is 1. The van der Waals surface area contributed by atoms with Crippen molar-refractivity contribution >= 4 is 16.8 Å². The molecule has 2 atom stereocenters. The molecule has 1 aliphatic heterocycles. The lowest BCUT2D eigenvalue weighted by Gasteiger charge is -2.36. The number of hydrogen-bond acceptors (Lipinski definition) is 4. The van der Waals surface area contributed by atoms with Crippen molar-refractivity contribution in [1.82, 2.24) is 19.8 Å². The third kappa shape index (κ3) is 3.42. The smallest absolute Gasteiger partial charge is 0.261 e. The minimum absolute atomic E-state index is 0.0882. The third-order valence-corrected chi connectivity index (χ3v) is 4.21. The van der Waals surface area contributed by atoms with E-state index in [0.29, 0.717) is 49.0 Å². The Morgan fingerprint density at radius 3 is 2.70 bits per heavy atom. The van der Waals surface area contributed by atoms with Crippen LogP contribution in [0.1, 0.15) is 20.3 Å². The number of rotatable bonds is 3. The molecule has 6 nitrogen and oxygen atoms in total. The summed E-state index contributed by atoms with van der Waals surface area (Å²) in [5, 5.41) is 4.00. The molecule has 0 radical (unpaired) electrons. The Labute approximate surface area is 135 Å². The van der Waals surface area contributed by atoms with Crippen molar-refractivity contribution in [2.24, 2.45) is 0 Å². The van der Waals surface area contributed by atoms with E-state index < -0.39 is 0 Å². The van der Waals surface area contributed by atoms with Crippen LogP contribution >= 0.6 is 0 Å². The van der Waals surface area contributed by atoms with E-state index in [4.69, 9.17) is 0 Å². The highest BCUT2D eigenvalue weighted by Crippen LogP contribution is 2.08. The second-order valence-corrected chi connectivity index (χ2v) is 6.28. The summed E-state index contributed by atoms with van der Waals surface area (Å²) >= 11 is 0. The Morgan fingerprint density at radius 2 is 1.96 bits per heavy atom. The lowest BCUT2D eigenvalue weighted by molar-refractivity contribution is -0.133. The zero-order valence-corrected chi connectivity index (χ0v) is 13.5. The van der Waals surface area contributed by atoms with Gasteiger partial charge in [0.05, 0.1) is 17.2 Å². The molecule has 1 aromatic heterocycles. The molecule has 1 N–H and O–H groups in total. The molecule has 1 saturated heterocycles. The first-order valence-corrected chi connectivity index (χ1v) is 8.02. The number of carbonyl (C=O) groups is 1. The van der Waals surface area contributed by atoms with Gasteiger partial charge in [0, 0.05) is 38.1 Å². The highest BCUT2D eigenvalue weighted by molar-refractivity contribution is 5.77. The highest BCUT2D eigenvalue weighted by atomic mass is 16.2. The van der Waals surface area contributed by atoms with Crippen LogP contribution in [0.5, 0.6) is 0 Å². The first kappa shape index (κ1) is 15.7. The normalized spacial score (nSPS) is 21.6. The van der Waals surface area contributed by atoms with Gasteiger partial charge in [-0.15, -0.1) is 0 Å². The Kier molecular flexibility index (Phi) is 4.43. The Morgan fingerprint density at radius 1 is 1.26 bits per heavy atom. The molecule has 0 spiro atoms. The third-order valence-electron chi connectivity index (χ3n) is 4.21. The van der Waals surface area contributed by atoms with Crippen molar-refractivity contribution in [1.29, 1.82) is 0 Å². The largest absolute Gasteiger partial charge is 0.340 e. The van der Waals surface area contributed by atoms with E-state index in [1.54, 1.807) is 6.07 Å². The summed E-state index contributed by atoms with van der Waals surface area (Å²) < 4.78 is 1.52. The van der Waals surface area contributed by atoms with Gasteiger partial charge in [-0.2, -0.15) is 0 Å². The van der Waals surface area contributed by atoms with Crippen molar-refractivity contribution in [3.8, 4) is 0 Å². The van der Waals surface area contributed by atoms with Gasteiger partial charge in [-0.05, 0) is 26.0 Å². The van der Waals surface area contributed by atoms with Gasteiger partial charge in [-0.25, -0.2) is 4.98 Å². The van der Waals surface area contributed by atoms with Crippen LogP contribution in [-0.4, -0.2) is 45.5 Å². The number of benzene rings is 1. The molecule has 0 saturated carbocycles. The van der Waals surface area contributed by atoms with Crippen molar-refractivity contribution in [3.05, 3.63) is 40.9 Å². The Hall–Kier alpha value is -2.21. The molecule has 0 bridgehead atoms. The van der Waals surface area contributed by atoms with Gasteiger partial charge in [-0.1, -0.05) is 12.1 Å². The first-order valence-electron chi connectivity index (χ1n) is 8.02. The average molecular weight is 314 g/mol. The Bertz CT molecular complexity index is 761. The fraction of sp³-hybridized carbons (Fsp3) is 0.471. The monoisotopic (exact) mass is 314 g/mol. The standard InChI is InChI=1S/C17H22N4O2/c1-12-9-21(10-13(2)19-12)16(22)7-8-20-11-18-15-6-4-3-5-14(15)17(20)23/h3-6,11-13,19H,7-10H2,1-2H3/t12-,13+. The van der Waals surface area contributed by atoms with Crippen LogP contribution in [0, 0.1) is 0 Å². The number of carbonyl (C=O) groups excluding carboxylic acids is 1. The fourth-order valence-corrected chi connectivity index (χ4v) is 3.17. The molecule has 1 fully saturated rings. The molecule has 0 aliphatic carbocycles. The summed E-state index contributed by atoms with van der Waals surface area (Å²) in [6.45, 7) is 5.95. The minimum atomic E-state index is -0.0922. The lowest BCUT2D eigenvalue weighted by Crippen LogP contribution is -2.55. The molecule has 6 heteroatoms. The second kappa shape index (κ2) is 6.50. The lowest BCUT2D eigenvalue weighted by atomic mass is 10.1. The quantitative estimate of drug-likeness (QED) is 0.917. The van der Waals surface area contributed by atoms with E-state index in [1.807, 2.05) is 23.1 Å². The zero-order chi connectivity index (χ0) is 16.4. The zero-order valence-electron chi connectivity index (χ0n) is 13.5. The van der Waals surface area contributed by atoms with Crippen LogP contribution in [0.3, 0.4) is 0 Å². The van der Waals surface area contributed by atoms with Crippen molar-refractivity contribution < 1.29 is 4.79 Å². The van der Waals surface area contributed by atoms with Crippen molar-refractivity contribution in [3.63, 3.8) is 0 Å². The number of nitrogens with one attached hydrogen (secondary N) is 1. The molecule has 2 heterocycles. The molecule has 1 aromatic carbocycles. The summed E-state index contributed by atoms with van der Waals surface area (Å²) in [6.07, 6.45) is 1.85. The summed E-state index contributed by atoms with van der Waals surface area (Å²) in [5.74, 6) is 0.0882. The topological polar surface area (TPSA) is 67.2 Å². The van der Waals surface area contributed by atoms with E-state index in [0.717, 1.165) is 0 Å². The van der Waals surface area contributed by atoms with Crippen LogP contribution in [0.2, 0.25) is 0 Å². The second-order valence-electron chi connectivity index (χ2n) is 6.28. The van der Waals surface area contributed by atoms with Gasteiger partial charge in [0.25, 0.3) is 5.56 Å². The number of aryl methyl sites for hydroxylation is 1. The van der Waals surface area contributed by atoms with Gasteiger partial charge in [0.1, 0.15) is 0 Å². The average Bonchev–Trinajstić information content (AvgIpc) is 2.53. The summed E-state index contributed by atoms with van der Waals surface area (Å²) in [4.78, 5) is 31.0. The van der Waals surface area contributed by atoms with Gasteiger partial charge in [-0.3, -0.25) is 14.2 Å². The number of piperazine rings is 1. The fourth-order valence-electron chi connectivity index (χ4n) is 3.17. The van der Waals surface area contributed by atoms with Crippen LogP contribution in [0.4, 0.5) is 0 Å². The highest BCUT2D eigenvalue weighted by Gasteiger charge is 2.24. The summed E-state index contributed by atoms with van der Waals surface area (Å²) in [6, 6.07) is 7.86. The van der Waals surface area contributed by atoms with E-state index in [-0.39, 0.29) is 11.5 Å². The van der Waals surface area contributed by atoms with Crippen LogP contribution in [-0.2, 0) is 11.3 Å². The molecule has 3 rings (SSSR count). The molecule has 1 amide bonds. The number of nitrogens with zero attached hydrogens (tertiary/aromatic N) is 3. The van der Waals surface area contributed by atoms with Crippen LogP contribution < -0.4 is 10.9 Å². The van der Waals surface area contributed by atoms with Crippen molar-refractivity contribution in [2.45, 2.75) is 38.9 Å². The summed E-state index contributed by atoms with van der Waals surface area (Å²) in [5.41, 5.74) is 0.593. The van der Waals surface area contributed by atoms with E-state index in [9.17, 15) is 9.59 Å². The molecule has 2 aromatic rings. The van der Waals surface area contributed by atoms with Crippen LogP contribution in [0.25, 0.3) is 10.9 Å². The van der Waals surface area contributed by atoms with E-state index in [2.05, 4.69) is 24.1 Å². The minimum Gasteiger partial charge on any atom is -0.340 e. The molecule has 1 aliphatic rings.